The molecule has 2 rings (SSSR count). The quantitative estimate of drug-likeness (QED) is 0.811. The summed E-state index contributed by atoms with van der Waals surface area (Å²) in [6.07, 6.45) is 3.33. The van der Waals surface area contributed by atoms with Crippen LogP contribution in [0, 0.1) is 0 Å². The lowest BCUT2D eigenvalue weighted by atomic mass is 10.1. The Labute approximate surface area is 97.2 Å². The third kappa shape index (κ3) is 2.41. The maximum absolute atomic E-state index is 9.55. The summed E-state index contributed by atoms with van der Waals surface area (Å²) in [6.45, 7) is 1.58. The molecule has 0 radical (unpaired) electrons. The number of halogens is 1. The molecule has 1 aliphatic heterocycles. The maximum Gasteiger partial charge on any atom is 0.130 e. The average molecular weight is 272 g/mol. The molecule has 0 aromatic carbocycles. The zero-order valence-corrected chi connectivity index (χ0v) is 9.94. The van der Waals surface area contributed by atoms with E-state index in [0.717, 1.165) is 29.7 Å². The number of aromatic nitrogens is 1. The average Bonchev–Trinajstić information content (AvgIpc) is 2.22. The van der Waals surface area contributed by atoms with Crippen molar-refractivity contribution in [3.63, 3.8) is 0 Å². The summed E-state index contributed by atoms with van der Waals surface area (Å²) in [5, 5.41) is 9.55. The molecule has 0 aliphatic carbocycles. The molecule has 1 atom stereocenters. The van der Waals surface area contributed by atoms with E-state index in [4.69, 9.17) is 5.73 Å². The highest BCUT2D eigenvalue weighted by Crippen LogP contribution is 2.24. The zero-order chi connectivity index (χ0) is 10.8. The number of nitrogens with two attached hydrogens (primary N) is 1. The summed E-state index contributed by atoms with van der Waals surface area (Å²) in [7, 11) is 0. The highest BCUT2D eigenvalue weighted by Gasteiger charge is 2.18. The molecule has 0 spiro atoms. The topological polar surface area (TPSA) is 62.4 Å². The number of rotatable bonds is 1. The minimum atomic E-state index is -0.245. The first-order valence-corrected chi connectivity index (χ1v) is 5.80. The molecule has 15 heavy (non-hydrogen) atoms. The lowest BCUT2D eigenvalue weighted by molar-refractivity contribution is 0.154. The SMILES string of the molecule is Nc1cc(N2CCCC(O)C2)ncc1Br. The Bertz CT molecular complexity index is 359. The van der Waals surface area contributed by atoms with Crippen molar-refractivity contribution in [2.45, 2.75) is 18.9 Å². The first kappa shape index (κ1) is 10.7. The summed E-state index contributed by atoms with van der Waals surface area (Å²) in [5.41, 5.74) is 6.47. The zero-order valence-electron chi connectivity index (χ0n) is 8.36. The monoisotopic (exact) mass is 271 g/mol. The van der Waals surface area contributed by atoms with Gasteiger partial charge in [-0.05, 0) is 28.8 Å². The second kappa shape index (κ2) is 4.37. The van der Waals surface area contributed by atoms with E-state index in [1.165, 1.54) is 0 Å². The molecule has 2 heterocycles. The number of aliphatic hydroxyl groups is 1. The first-order chi connectivity index (χ1) is 7.16. The molecule has 1 aromatic heterocycles. The normalized spacial score (nSPS) is 21.7. The van der Waals surface area contributed by atoms with E-state index in [1.54, 1.807) is 6.20 Å². The lowest BCUT2D eigenvalue weighted by Gasteiger charge is -2.31. The fourth-order valence-electron chi connectivity index (χ4n) is 1.78. The number of anilines is 2. The van der Waals surface area contributed by atoms with Gasteiger partial charge < -0.3 is 15.7 Å². The van der Waals surface area contributed by atoms with Crippen LogP contribution in [-0.4, -0.2) is 29.3 Å². The fraction of sp³-hybridized carbons (Fsp3) is 0.500. The van der Waals surface area contributed by atoms with Crippen molar-refractivity contribution in [3.05, 3.63) is 16.7 Å². The number of hydrogen-bond acceptors (Lipinski definition) is 4. The molecular weight excluding hydrogens is 258 g/mol. The van der Waals surface area contributed by atoms with Crippen molar-refractivity contribution < 1.29 is 5.11 Å². The van der Waals surface area contributed by atoms with E-state index in [2.05, 4.69) is 25.8 Å². The van der Waals surface area contributed by atoms with Gasteiger partial charge in [-0.1, -0.05) is 0 Å². The van der Waals surface area contributed by atoms with Crippen LogP contribution >= 0.6 is 15.9 Å². The van der Waals surface area contributed by atoms with Gasteiger partial charge in [0.2, 0.25) is 0 Å². The van der Waals surface area contributed by atoms with Crippen LogP contribution in [0.1, 0.15) is 12.8 Å². The molecular formula is C10H14BrN3O. The third-order valence-corrected chi connectivity index (χ3v) is 3.25. The van der Waals surface area contributed by atoms with Crippen molar-refractivity contribution in [3.8, 4) is 0 Å². The second-order valence-electron chi connectivity index (χ2n) is 3.81. The van der Waals surface area contributed by atoms with E-state index < -0.39 is 0 Å². The molecule has 0 saturated carbocycles. The van der Waals surface area contributed by atoms with E-state index in [0.29, 0.717) is 12.2 Å². The largest absolute Gasteiger partial charge is 0.398 e. The Morgan fingerprint density at radius 1 is 1.60 bits per heavy atom. The summed E-state index contributed by atoms with van der Waals surface area (Å²) in [4.78, 5) is 6.35. The molecule has 1 aromatic rings. The number of pyridine rings is 1. The summed E-state index contributed by atoms with van der Waals surface area (Å²) >= 11 is 3.31. The summed E-state index contributed by atoms with van der Waals surface area (Å²) in [6, 6.07) is 1.84. The van der Waals surface area contributed by atoms with Gasteiger partial charge in [-0.15, -0.1) is 0 Å². The van der Waals surface area contributed by atoms with Crippen LogP contribution < -0.4 is 10.6 Å². The Morgan fingerprint density at radius 2 is 2.40 bits per heavy atom. The number of nitrogen functional groups attached to an aromatic ring is 1. The molecule has 82 valence electrons. The van der Waals surface area contributed by atoms with E-state index in [-0.39, 0.29) is 6.10 Å². The molecule has 4 nitrogen and oxygen atoms in total. The minimum absolute atomic E-state index is 0.245. The van der Waals surface area contributed by atoms with Crippen LogP contribution in [-0.2, 0) is 0 Å². The molecule has 1 unspecified atom stereocenters. The highest BCUT2D eigenvalue weighted by molar-refractivity contribution is 9.10. The van der Waals surface area contributed by atoms with Crippen molar-refractivity contribution in [1.29, 1.82) is 0 Å². The summed E-state index contributed by atoms with van der Waals surface area (Å²) in [5.74, 6) is 0.842. The second-order valence-corrected chi connectivity index (χ2v) is 4.66. The summed E-state index contributed by atoms with van der Waals surface area (Å²) < 4.78 is 0.809. The van der Waals surface area contributed by atoms with Gasteiger partial charge in [0, 0.05) is 25.4 Å². The standard InChI is InChI=1S/C10H14BrN3O/c11-8-5-13-10(4-9(8)12)14-3-1-2-7(15)6-14/h4-5,7,15H,1-3,6H2,(H2,12,13). The van der Waals surface area contributed by atoms with Crippen LogP contribution in [0.2, 0.25) is 0 Å². The Hall–Kier alpha value is -0.810. The van der Waals surface area contributed by atoms with Crippen LogP contribution in [0.15, 0.2) is 16.7 Å². The predicted molar refractivity (Wildman–Crippen MR) is 63.8 cm³/mol. The highest BCUT2D eigenvalue weighted by atomic mass is 79.9. The number of nitrogens with zero attached hydrogens (tertiary/aromatic N) is 2. The van der Waals surface area contributed by atoms with E-state index in [9.17, 15) is 5.11 Å². The molecule has 1 aliphatic rings. The van der Waals surface area contributed by atoms with Gasteiger partial charge in [-0.3, -0.25) is 0 Å². The van der Waals surface area contributed by atoms with Crippen LogP contribution in [0.3, 0.4) is 0 Å². The lowest BCUT2D eigenvalue weighted by Crippen LogP contribution is -2.38. The van der Waals surface area contributed by atoms with Gasteiger partial charge in [-0.25, -0.2) is 4.98 Å². The van der Waals surface area contributed by atoms with Crippen LogP contribution in [0.5, 0.6) is 0 Å². The van der Waals surface area contributed by atoms with Gasteiger partial charge in [0.15, 0.2) is 0 Å². The van der Waals surface area contributed by atoms with Gasteiger partial charge in [0.05, 0.1) is 16.3 Å². The smallest absolute Gasteiger partial charge is 0.130 e. The maximum atomic E-state index is 9.55. The molecule has 3 N–H and O–H groups in total. The first-order valence-electron chi connectivity index (χ1n) is 5.01. The van der Waals surface area contributed by atoms with Gasteiger partial charge >= 0.3 is 0 Å². The van der Waals surface area contributed by atoms with Crippen molar-refractivity contribution in [2.75, 3.05) is 23.7 Å². The predicted octanol–water partition coefficient (Wildman–Crippen LogP) is 1.39. The molecule has 1 saturated heterocycles. The van der Waals surface area contributed by atoms with Crippen molar-refractivity contribution in [1.82, 2.24) is 4.98 Å². The van der Waals surface area contributed by atoms with E-state index >= 15 is 0 Å². The van der Waals surface area contributed by atoms with Crippen molar-refractivity contribution in [2.24, 2.45) is 0 Å². The minimum Gasteiger partial charge on any atom is -0.398 e. The molecule has 0 bridgehead atoms. The number of hydrogen-bond donors (Lipinski definition) is 2. The van der Waals surface area contributed by atoms with E-state index in [1.807, 2.05) is 6.07 Å². The molecule has 1 fully saturated rings. The van der Waals surface area contributed by atoms with Crippen LogP contribution in [0.4, 0.5) is 11.5 Å². The Morgan fingerprint density at radius 3 is 3.07 bits per heavy atom. The molecule has 0 amide bonds. The fourth-order valence-corrected chi connectivity index (χ4v) is 2.00. The van der Waals surface area contributed by atoms with Gasteiger partial charge in [0.1, 0.15) is 5.82 Å². The molecule has 5 heteroatoms. The third-order valence-electron chi connectivity index (χ3n) is 2.59. The van der Waals surface area contributed by atoms with Crippen LogP contribution in [0.25, 0.3) is 0 Å². The Kier molecular flexibility index (Phi) is 3.11. The van der Waals surface area contributed by atoms with Gasteiger partial charge in [0.25, 0.3) is 0 Å². The number of piperidine rings is 1. The number of aliphatic hydroxyl groups excluding tert-OH is 1. The Balaban J connectivity index is 2.18. The number of β-amino-alcohol motifs (C(OH)–C–C–N with tert-alkyl or cyclic N) is 1. The van der Waals surface area contributed by atoms with Crippen molar-refractivity contribution >= 4 is 27.4 Å². The van der Waals surface area contributed by atoms with Gasteiger partial charge in [-0.2, -0.15) is 0 Å².